The molecule has 16 heavy (non-hydrogen) atoms. The Morgan fingerprint density at radius 3 is 2.56 bits per heavy atom. The van der Waals surface area contributed by atoms with Crippen molar-refractivity contribution in [2.45, 2.75) is 6.92 Å². The molecule has 0 atom stereocenters. The van der Waals surface area contributed by atoms with Gasteiger partial charge >= 0.3 is 7.12 Å². The number of carbonyl (C=O) groups excluding carboxylic acids is 1. The van der Waals surface area contributed by atoms with Gasteiger partial charge in [-0.2, -0.15) is 0 Å². The fourth-order valence-corrected chi connectivity index (χ4v) is 1.39. The number of hydrogen-bond acceptors (Lipinski definition) is 5. The highest BCUT2D eigenvalue weighted by atomic mass is 16.5. The zero-order chi connectivity index (χ0) is 12.1. The number of carbonyl (C=O) groups is 1. The van der Waals surface area contributed by atoms with E-state index in [0.29, 0.717) is 24.2 Å². The van der Waals surface area contributed by atoms with Crippen molar-refractivity contribution in [2.75, 3.05) is 13.7 Å². The molecule has 0 heterocycles. The lowest BCUT2D eigenvalue weighted by Crippen LogP contribution is -2.32. The minimum atomic E-state index is -1.71. The quantitative estimate of drug-likeness (QED) is 0.525. The number of hydrogen-bond donors (Lipinski definition) is 2. The van der Waals surface area contributed by atoms with Crippen LogP contribution in [0.5, 0.6) is 11.5 Å². The Bertz CT molecular complexity index is 378. The highest BCUT2D eigenvalue weighted by molar-refractivity contribution is 6.60. The molecule has 5 nitrogen and oxygen atoms in total. The molecule has 0 aromatic heterocycles. The summed E-state index contributed by atoms with van der Waals surface area (Å²) in [6, 6.07) is 2.83. The molecular weight excluding hydrogens is 211 g/mol. The van der Waals surface area contributed by atoms with E-state index >= 15 is 0 Å². The van der Waals surface area contributed by atoms with Gasteiger partial charge in [0.25, 0.3) is 0 Å². The molecule has 0 fully saturated rings. The van der Waals surface area contributed by atoms with Gasteiger partial charge in [-0.1, -0.05) is 0 Å². The summed E-state index contributed by atoms with van der Waals surface area (Å²) in [6.45, 7) is 2.17. The van der Waals surface area contributed by atoms with Gasteiger partial charge in [-0.15, -0.1) is 0 Å². The van der Waals surface area contributed by atoms with Crippen molar-refractivity contribution in [3.63, 3.8) is 0 Å². The average Bonchev–Trinajstić information content (AvgIpc) is 2.28. The monoisotopic (exact) mass is 224 g/mol. The summed E-state index contributed by atoms with van der Waals surface area (Å²) in [6.07, 6.45) is 0.605. The molecule has 0 aliphatic heterocycles. The zero-order valence-corrected chi connectivity index (χ0v) is 9.14. The third-order valence-electron chi connectivity index (χ3n) is 2.02. The van der Waals surface area contributed by atoms with E-state index in [2.05, 4.69) is 0 Å². The maximum atomic E-state index is 10.7. The maximum Gasteiger partial charge on any atom is 0.492 e. The Morgan fingerprint density at radius 2 is 2.12 bits per heavy atom. The van der Waals surface area contributed by atoms with E-state index in [9.17, 15) is 4.79 Å². The van der Waals surface area contributed by atoms with Crippen molar-refractivity contribution in [1.29, 1.82) is 0 Å². The first-order chi connectivity index (χ1) is 7.63. The van der Waals surface area contributed by atoms with Crippen LogP contribution in [0, 0.1) is 0 Å². The molecule has 0 amide bonds. The van der Waals surface area contributed by atoms with Crippen LogP contribution in [0.2, 0.25) is 0 Å². The molecule has 0 aliphatic rings. The average molecular weight is 224 g/mol. The lowest BCUT2D eigenvalue weighted by Gasteiger charge is -2.14. The molecule has 0 saturated carbocycles. The predicted molar refractivity (Wildman–Crippen MR) is 59.4 cm³/mol. The van der Waals surface area contributed by atoms with Gasteiger partial charge in [0, 0.05) is 11.0 Å². The summed E-state index contributed by atoms with van der Waals surface area (Å²) in [5.74, 6) is 0.542. The van der Waals surface area contributed by atoms with E-state index in [0.717, 1.165) is 0 Å². The van der Waals surface area contributed by atoms with Crippen LogP contribution < -0.4 is 14.9 Å². The molecule has 0 saturated heterocycles. The van der Waals surface area contributed by atoms with Gasteiger partial charge in [0.15, 0.2) is 11.5 Å². The first-order valence-corrected chi connectivity index (χ1v) is 4.80. The summed E-state index contributed by atoms with van der Waals surface area (Å²) < 4.78 is 10.3. The van der Waals surface area contributed by atoms with Gasteiger partial charge < -0.3 is 19.5 Å². The SMILES string of the molecule is CCOc1cc(C=O)cc(B(O)O)c1OC. The second-order valence-corrected chi connectivity index (χ2v) is 3.07. The van der Waals surface area contributed by atoms with Gasteiger partial charge in [-0.05, 0) is 19.1 Å². The summed E-state index contributed by atoms with van der Waals surface area (Å²) >= 11 is 0. The molecule has 0 bridgehead atoms. The van der Waals surface area contributed by atoms with Crippen LogP contribution in [-0.2, 0) is 0 Å². The van der Waals surface area contributed by atoms with Crippen LogP contribution in [0.25, 0.3) is 0 Å². The smallest absolute Gasteiger partial charge is 0.492 e. The minimum absolute atomic E-state index is 0.107. The minimum Gasteiger partial charge on any atom is -0.493 e. The van der Waals surface area contributed by atoms with Crippen LogP contribution in [-0.4, -0.2) is 37.2 Å². The Kier molecular flexibility index (Phi) is 4.33. The summed E-state index contributed by atoms with van der Waals surface area (Å²) in [4.78, 5) is 10.7. The molecule has 1 rings (SSSR count). The summed E-state index contributed by atoms with van der Waals surface area (Å²) in [7, 11) is -0.321. The van der Waals surface area contributed by atoms with E-state index in [1.165, 1.54) is 19.2 Å². The summed E-state index contributed by atoms with van der Waals surface area (Å²) in [5.41, 5.74) is 0.405. The van der Waals surface area contributed by atoms with Gasteiger partial charge in [-0.3, -0.25) is 4.79 Å². The molecule has 0 aliphatic carbocycles. The first kappa shape index (κ1) is 12.5. The maximum absolute atomic E-state index is 10.7. The molecule has 6 heteroatoms. The molecule has 86 valence electrons. The van der Waals surface area contributed by atoms with Gasteiger partial charge in [0.2, 0.25) is 0 Å². The number of ether oxygens (including phenoxy) is 2. The first-order valence-electron chi connectivity index (χ1n) is 4.80. The Hall–Kier alpha value is -1.53. The van der Waals surface area contributed by atoms with Crippen molar-refractivity contribution in [3.05, 3.63) is 17.7 Å². The number of benzene rings is 1. The fraction of sp³-hybridized carbons (Fsp3) is 0.300. The second-order valence-electron chi connectivity index (χ2n) is 3.07. The van der Waals surface area contributed by atoms with Gasteiger partial charge in [0.05, 0.1) is 13.7 Å². The topological polar surface area (TPSA) is 76.0 Å². The molecule has 1 aromatic rings. The third kappa shape index (κ3) is 2.53. The fourth-order valence-electron chi connectivity index (χ4n) is 1.39. The van der Waals surface area contributed by atoms with E-state index in [-0.39, 0.29) is 11.2 Å². The van der Waals surface area contributed by atoms with Crippen LogP contribution >= 0.6 is 0 Å². The molecule has 0 unspecified atom stereocenters. The Balaban J connectivity index is 3.33. The molecule has 0 radical (unpaired) electrons. The normalized spacial score (nSPS) is 9.75. The van der Waals surface area contributed by atoms with E-state index in [4.69, 9.17) is 19.5 Å². The second kappa shape index (κ2) is 5.53. The zero-order valence-electron chi connectivity index (χ0n) is 9.14. The molecule has 1 aromatic carbocycles. The van der Waals surface area contributed by atoms with E-state index < -0.39 is 7.12 Å². The van der Waals surface area contributed by atoms with Gasteiger partial charge in [0.1, 0.15) is 6.29 Å². The van der Waals surface area contributed by atoms with Crippen molar-refractivity contribution >= 4 is 18.9 Å². The van der Waals surface area contributed by atoms with Gasteiger partial charge in [-0.25, -0.2) is 0 Å². The summed E-state index contributed by atoms with van der Waals surface area (Å²) in [5, 5.41) is 18.3. The Labute approximate surface area is 93.8 Å². The number of methoxy groups -OCH3 is 1. The number of rotatable bonds is 5. The molecule has 0 spiro atoms. The van der Waals surface area contributed by atoms with Crippen LogP contribution in [0.15, 0.2) is 12.1 Å². The predicted octanol–water partition coefficient (Wildman–Crippen LogP) is -0.414. The van der Waals surface area contributed by atoms with Crippen molar-refractivity contribution in [2.24, 2.45) is 0 Å². The van der Waals surface area contributed by atoms with Crippen molar-refractivity contribution in [3.8, 4) is 11.5 Å². The van der Waals surface area contributed by atoms with E-state index in [1.54, 1.807) is 6.92 Å². The molecular formula is C10H13BO5. The van der Waals surface area contributed by atoms with E-state index in [1.807, 2.05) is 0 Å². The van der Waals surface area contributed by atoms with Crippen molar-refractivity contribution in [1.82, 2.24) is 0 Å². The largest absolute Gasteiger partial charge is 0.493 e. The lowest BCUT2D eigenvalue weighted by atomic mass is 9.78. The van der Waals surface area contributed by atoms with Crippen LogP contribution in [0.3, 0.4) is 0 Å². The highest BCUT2D eigenvalue weighted by Gasteiger charge is 2.21. The Morgan fingerprint density at radius 1 is 1.44 bits per heavy atom. The third-order valence-corrected chi connectivity index (χ3v) is 2.02. The lowest BCUT2D eigenvalue weighted by molar-refractivity contribution is 0.112. The highest BCUT2D eigenvalue weighted by Crippen LogP contribution is 2.26. The van der Waals surface area contributed by atoms with Crippen molar-refractivity contribution < 1.29 is 24.3 Å². The van der Waals surface area contributed by atoms with Crippen LogP contribution in [0.4, 0.5) is 0 Å². The molecule has 2 N–H and O–H groups in total. The number of aldehydes is 1. The van der Waals surface area contributed by atoms with Crippen LogP contribution in [0.1, 0.15) is 17.3 Å². The standard InChI is InChI=1S/C10H13BO5/c1-3-16-9-5-7(6-12)4-8(11(13)14)10(9)15-2/h4-6,13-14H,3H2,1-2H3.